The van der Waals surface area contributed by atoms with E-state index >= 15 is 0 Å². The van der Waals surface area contributed by atoms with Gasteiger partial charge in [-0.25, -0.2) is 0 Å². The molecule has 96 valence electrons. The number of aliphatic hydroxyl groups is 1. The van der Waals surface area contributed by atoms with Gasteiger partial charge in [-0.1, -0.05) is 0 Å². The standard InChI is InChI=1S/C12H17N5O/c1-16(2)7-10-5-11(18)8-17(10)12-9(6-13)3-4-14-15-12/h3-4,10-11,18H,5,7-8H2,1-2H3. The Morgan fingerprint density at radius 1 is 1.61 bits per heavy atom. The minimum absolute atomic E-state index is 0.166. The van der Waals surface area contributed by atoms with Gasteiger partial charge < -0.3 is 14.9 Å². The lowest BCUT2D eigenvalue weighted by Crippen LogP contribution is -2.38. The number of rotatable bonds is 3. The first-order valence-electron chi connectivity index (χ1n) is 5.93. The predicted molar refractivity (Wildman–Crippen MR) is 67.1 cm³/mol. The van der Waals surface area contributed by atoms with Crippen molar-refractivity contribution in [2.45, 2.75) is 18.6 Å². The Balaban J connectivity index is 2.27. The molecule has 0 spiro atoms. The highest BCUT2D eigenvalue weighted by Crippen LogP contribution is 2.26. The quantitative estimate of drug-likeness (QED) is 0.800. The van der Waals surface area contributed by atoms with E-state index in [4.69, 9.17) is 5.26 Å². The Morgan fingerprint density at radius 3 is 3.06 bits per heavy atom. The van der Waals surface area contributed by atoms with Gasteiger partial charge >= 0.3 is 0 Å². The maximum Gasteiger partial charge on any atom is 0.169 e. The van der Waals surface area contributed by atoms with Gasteiger partial charge in [0.1, 0.15) is 6.07 Å². The maximum absolute atomic E-state index is 9.82. The molecule has 0 radical (unpaired) electrons. The van der Waals surface area contributed by atoms with Crippen LogP contribution in [0.3, 0.4) is 0 Å². The molecule has 1 aliphatic heterocycles. The lowest BCUT2D eigenvalue weighted by atomic mass is 10.2. The summed E-state index contributed by atoms with van der Waals surface area (Å²) in [6, 6.07) is 3.94. The summed E-state index contributed by atoms with van der Waals surface area (Å²) in [6.45, 7) is 1.32. The van der Waals surface area contributed by atoms with Crippen LogP contribution < -0.4 is 4.90 Å². The third kappa shape index (κ3) is 2.58. The Bertz CT molecular complexity index is 456. The van der Waals surface area contributed by atoms with E-state index in [9.17, 15) is 5.11 Å². The average Bonchev–Trinajstić information content (AvgIpc) is 2.69. The van der Waals surface area contributed by atoms with Crippen LogP contribution in [0.2, 0.25) is 0 Å². The number of likely N-dealkylation sites (N-methyl/N-ethyl adjacent to an activating group) is 1. The molecule has 2 atom stereocenters. The molecule has 1 aliphatic rings. The van der Waals surface area contributed by atoms with Crippen molar-refractivity contribution in [3.8, 4) is 6.07 Å². The molecule has 1 N–H and O–H groups in total. The van der Waals surface area contributed by atoms with Crippen LogP contribution in [0.5, 0.6) is 0 Å². The van der Waals surface area contributed by atoms with Crippen LogP contribution >= 0.6 is 0 Å². The molecule has 18 heavy (non-hydrogen) atoms. The van der Waals surface area contributed by atoms with Gasteiger partial charge in [0.25, 0.3) is 0 Å². The third-order valence-electron chi connectivity index (χ3n) is 3.06. The monoisotopic (exact) mass is 247 g/mol. The molecule has 1 fully saturated rings. The summed E-state index contributed by atoms with van der Waals surface area (Å²) in [7, 11) is 3.98. The highest BCUT2D eigenvalue weighted by atomic mass is 16.3. The molecule has 1 saturated heterocycles. The lowest BCUT2D eigenvalue weighted by Gasteiger charge is -2.27. The largest absolute Gasteiger partial charge is 0.391 e. The van der Waals surface area contributed by atoms with Crippen LogP contribution in [0.1, 0.15) is 12.0 Å². The fourth-order valence-electron chi connectivity index (χ4n) is 2.37. The second kappa shape index (κ2) is 5.29. The van der Waals surface area contributed by atoms with E-state index < -0.39 is 0 Å². The van der Waals surface area contributed by atoms with Gasteiger partial charge in [-0.3, -0.25) is 0 Å². The highest BCUT2D eigenvalue weighted by Gasteiger charge is 2.33. The van der Waals surface area contributed by atoms with Crippen LogP contribution in [-0.2, 0) is 0 Å². The molecule has 0 aliphatic carbocycles. The summed E-state index contributed by atoms with van der Waals surface area (Å²) in [6.07, 6.45) is 1.83. The molecular weight excluding hydrogens is 230 g/mol. The Morgan fingerprint density at radius 2 is 2.39 bits per heavy atom. The number of hydrogen-bond acceptors (Lipinski definition) is 6. The van der Waals surface area contributed by atoms with Crippen molar-refractivity contribution in [2.75, 3.05) is 32.1 Å². The fraction of sp³-hybridized carbons (Fsp3) is 0.583. The Labute approximate surface area is 106 Å². The summed E-state index contributed by atoms with van der Waals surface area (Å²) in [5.74, 6) is 0.573. The van der Waals surface area contributed by atoms with E-state index in [0.717, 1.165) is 6.54 Å². The van der Waals surface area contributed by atoms with E-state index in [1.54, 1.807) is 6.07 Å². The van der Waals surface area contributed by atoms with E-state index in [0.29, 0.717) is 24.3 Å². The first-order chi connectivity index (χ1) is 8.61. The minimum Gasteiger partial charge on any atom is -0.391 e. The van der Waals surface area contributed by atoms with Gasteiger partial charge in [-0.2, -0.15) is 10.4 Å². The first-order valence-corrected chi connectivity index (χ1v) is 5.93. The van der Waals surface area contributed by atoms with Crippen molar-refractivity contribution in [2.24, 2.45) is 0 Å². The number of anilines is 1. The molecule has 1 aromatic heterocycles. The van der Waals surface area contributed by atoms with Crippen LogP contribution in [0, 0.1) is 11.3 Å². The van der Waals surface area contributed by atoms with E-state index in [1.165, 1.54) is 6.20 Å². The summed E-state index contributed by atoms with van der Waals surface area (Å²) >= 11 is 0. The van der Waals surface area contributed by atoms with Crippen molar-refractivity contribution >= 4 is 5.82 Å². The van der Waals surface area contributed by atoms with Crippen molar-refractivity contribution in [1.29, 1.82) is 5.26 Å². The van der Waals surface area contributed by atoms with Crippen LogP contribution in [0.15, 0.2) is 12.3 Å². The molecule has 0 aromatic carbocycles. The molecule has 2 rings (SSSR count). The van der Waals surface area contributed by atoms with E-state index in [2.05, 4.69) is 21.2 Å². The smallest absolute Gasteiger partial charge is 0.169 e. The SMILES string of the molecule is CN(C)CC1CC(O)CN1c1nnccc1C#N. The number of aliphatic hydroxyl groups excluding tert-OH is 1. The van der Waals surface area contributed by atoms with Gasteiger partial charge in [-0.15, -0.1) is 5.10 Å². The molecular formula is C12H17N5O. The number of aromatic nitrogens is 2. The zero-order valence-electron chi connectivity index (χ0n) is 10.6. The van der Waals surface area contributed by atoms with E-state index in [-0.39, 0.29) is 12.1 Å². The summed E-state index contributed by atoms with van der Waals surface area (Å²) in [5, 5.41) is 26.8. The zero-order valence-corrected chi connectivity index (χ0v) is 10.6. The third-order valence-corrected chi connectivity index (χ3v) is 3.06. The van der Waals surface area contributed by atoms with Crippen molar-refractivity contribution in [3.05, 3.63) is 17.8 Å². The molecule has 1 aromatic rings. The normalized spacial score (nSPS) is 23.4. The second-order valence-corrected chi connectivity index (χ2v) is 4.84. The topological polar surface area (TPSA) is 76.3 Å². The molecule has 2 unspecified atom stereocenters. The van der Waals surface area contributed by atoms with Crippen molar-refractivity contribution in [3.63, 3.8) is 0 Å². The second-order valence-electron chi connectivity index (χ2n) is 4.84. The number of β-amino-alcohol motifs (C(OH)–C–C–N with tert-alkyl or cyclic N) is 1. The molecule has 6 nitrogen and oxygen atoms in total. The minimum atomic E-state index is -0.372. The molecule has 6 heteroatoms. The first kappa shape index (κ1) is 12.7. The van der Waals surface area contributed by atoms with Gasteiger partial charge in [0, 0.05) is 19.1 Å². The number of nitriles is 1. The van der Waals surface area contributed by atoms with Gasteiger partial charge in [-0.05, 0) is 26.6 Å². The maximum atomic E-state index is 9.82. The summed E-state index contributed by atoms with van der Waals surface area (Å²) in [4.78, 5) is 4.05. The summed E-state index contributed by atoms with van der Waals surface area (Å²) < 4.78 is 0. The number of hydrogen-bond donors (Lipinski definition) is 1. The molecule has 0 amide bonds. The fourth-order valence-corrected chi connectivity index (χ4v) is 2.37. The van der Waals surface area contributed by atoms with Gasteiger partial charge in [0.2, 0.25) is 0 Å². The number of nitrogens with zero attached hydrogens (tertiary/aromatic N) is 5. The molecule has 0 saturated carbocycles. The van der Waals surface area contributed by atoms with Gasteiger partial charge in [0.15, 0.2) is 5.82 Å². The zero-order chi connectivity index (χ0) is 13.1. The van der Waals surface area contributed by atoms with Crippen LogP contribution in [0.4, 0.5) is 5.82 Å². The van der Waals surface area contributed by atoms with E-state index in [1.807, 2.05) is 19.0 Å². The average molecular weight is 247 g/mol. The van der Waals surface area contributed by atoms with Crippen LogP contribution in [0.25, 0.3) is 0 Å². The lowest BCUT2D eigenvalue weighted by molar-refractivity contribution is 0.191. The Kier molecular flexibility index (Phi) is 3.75. The van der Waals surface area contributed by atoms with Crippen LogP contribution in [-0.4, -0.2) is 59.5 Å². The van der Waals surface area contributed by atoms with Crippen molar-refractivity contribution in [1.82, 2.24) is 15.1 Å². The predicted octanol–water partition coefficient (Wildman–Crippen LogP) is -0.151. The van der Waals surface area contributed by atoms with Gasteiger partial charge in [0.05, 0.1) is 17.9 Å². The highest BCUT2D eigenvalue weighted by molar-refractivity contribution is 5.54. The molecule has 0 bridgehead atoms. The molecule has 2 heterocycles. The Hall–Kier alpha value is -1.71. The summed E-state index contributed by atoms with van der Waals surface area (Å²) in [5.41, 5.74) is 0.503. The van der Waals surface area contributed by atoms with Crippen molar-refractivity contribution < 1.29 is 5.11 Å².